The van der Waals surface area contributed by atoms with Crippen LogP contribution in [0.3, 0.4) is 0 Å². The van der Waals surface area contributed by atoms with E-state index in [1.165, 1.54) is 5.56 Å². The molecule has 0 aliphatic carbocycles. The highest BCUT2D eigenvalue weighted by atomic mass is 16.5. The topological polar surface area (TPSA) is 60.5 Å². The summed E-state index contributed by atoms with van der Waals surface area (Å²) in [5, 5.41) is 4.75. The highest BCUT2D eigenvalue weighted by Gasteiger charge is 2.30. The molecule has 0 N–H and O–H groups in total. The van der Waals surface area contributed by atoms with Crippen LogP contribution in [0.2, 0.25) is 0 Å². The summed E-state index contributed by atoms with van der Waals surface area (Å²) in [4.78, 5) is 15.3. The van der Waals surface area contributed by atoms with Gasteiger partial charge in [-0.15, -0.1) is 0 Å². The zero-order valence-electron chi connectivity index (χ0n) is 17.6. The molecule has 1 aliphatic heterocycles. The standard InChI is InChI=1S/C23H27N3O3/c1-14-6-8-20(15(2)10-14)26-21(11-19(24-26)22-9-7-16(3)29-22)23(27)25-12-17(4)28-18(5)13-25/h6-11,17-18H,12-13H2,1-5H3. The van der Waals surface area contributed by atoms with Crippen LogP contribution in [0, 0.1) is 20.8 Å². The molecule has 152 valence electrons. The van der Waals surface area contributed by atoms with Gasteiger partial charge in [0.05, 0.1) is 17.9 Å². The lowest BCUT2D eigenvalue weighted by Crippen LogP contribution is -2.48. The number of nitrogens with zero attached hydrogens (tertiary/aromatic N) is 3. The third-order valence-electron chi connectivity index (χ3n) is 5.21. The summed E-state index contributed by atoms with van der Waals surface area (Å²) in [5.74, 6) is 1.42. The molecule has 0 bridgehead atoms. The average molecular weight is 393 g/mol. The third-order valence-corrected chi connectivity index (χ3v) is 5.21. The van der Waals surface area contributed by atoms with Crippen LogP contribution in [-0.4, -0.2) is 45.9 Å². The van der Waals surface area contributed by atoms with Crippen molar-refractivity contribution in [1.82, 2.24) is 14.7 Å². The van der Waals surface area contributed by atoms with Gasteiger partial charge in [0.25, 0.3) is 5.91 Å². The van der Waals surface area contributed by atoms with Crippen molar-refractivity contribution in [3.63, 3.8) is 0 Å². The lowest BCUT2D eigenvalue weighted by Gasteiger charge is -2.35. The molecule has 1 aliphatic rings. The summed E-state index contributed by atoms with van der Waals surface area (Å²) in [6.07, 6.45) is 0.0137. The summed E-state index contributed by atoms with van der Waals surface area (Å²) in [6, 6.07) is 11.8. The highest BCUT2D eigenvalue weighted by molar-refractivity contribution is 5.94. The van der Waals surface area contributed by atoms with Gasteiger partial charge in [-0.25, -0.2) is 4.68 Å². The first-order valence-electron chi connectivity index (χ1n) is 10.0. The molecule has 1 saturated heterocycles. The van der Waals surface area contributed by atoms with Gasteiger partial charge in [0.1, 0.15) is 17.1 Å². The van der Waals surface area contributed by atoms with Gasteiger partial charge in [-0.3, -0.25) is 4.79 Å². The quantitative estimate of drug-likeness (QED) is 0.665. The smallest absolute Gasteiger partial charge is 0.272 e. The Bertz CT molecular complexity index is 1040. The van der Waals surface area contributed by atoms with Crippen molar-refractivity contribution in [3.8, 4) is 17.1 Å². The van der Waals surface area contributed by atoms with Gasteiger partial charge < -0.3 is 14.1 Å². The maximum atomic E-state index is 13.5. The summed E-state index contributed by atoms with van der Waals surface area (Å²) >= 11 is 0. The molecule has 0 spiro atoms. The van der Waals surface area contributed by atoms with E-state index in [9.17, 15) is 4.79 Å². The zero-order valence-corrected chi connectivity index (χ0v) is 17.6. The predicted octanol–water partition coefficient (Wildman–Crippen LogP) is 4.31. The zero-order chi connectivity index (χ0) is 20.7. The highest BCUT2D eigenvalue weighted by Crippen LogP contribution is 2.27. The SMILES string of the molecule is Cc1ccc(-n2nc(-c3ccc(C)o3)cc2C(=O)N2CC(C)OC(C)C2)c(C)c1. The van der Waals surface area contributed by atoms with Crippen LogP contribution in [0.4, 0.5) is 0 Å². The van der Waals surface area contributed by atoms with Gasteiger partial charge in [-0.1, -0.05) is 17.7 Å². The van der Waals surface area contributed by atoms with Crippen LogP contribution < -0.4 is 0 Å². The number of furan rings is 1. The Morgan fingerprint density at radius 1 is 1.03 bits per heavy atom. The minimum atomic E-state index is -0.0472. The summed E-state index contributed by atoms with van der Waals surface area (Å²) in [5.41, 5.74) is 4.30. The second-order valence-corrected chi connectivity index (χ2v) is 7.99. The van der Waals surface area contributed by atoms with Crippen molar-refractivity contribution in [3.05, 3.63) is 59.0 Å². The fourth-order valence-corrected chi connectivity index (χ4v) is 3.96. The molecule has 3 heterocycles. The maximum Gasteiger partial charge on any atom is 0.272 e. The Kier molecular flexibility index (Phi) is 5.04. The molecule has 2 aromatic heterocycles. The number of ether oxygens (including phenoxy) is 1. The Hall–Kier alpha value is -2.86. The number of hydrogen-bond acceptors (Lipinski definition) is 4. The molecule has 29 heavy (non-hydrogen) atoms. The van der Waals surface area contributed by atoms with E-state index in [1.807, 2.05) is 62.9 Å². The first-order valence-corrected chi connectivity index (χ1v) is 10.0. The molecule has 3 aromatic rings. The van der Waals surface area contributed by atoms with Crippen molar-refractivity contribution < 1.29 is 13.9 Å². The number of carbonyl (C=O) groups excluding carboxylic acids is 1. The van der Waals surface area contributed by atoms with Crippen LogP contribution in [0.5, 0.6) is 0 Å². The molecular formula is C23H27N3O3. The molecule has 4 rings (SSSR count). The van der Waals surface area contributed by atoms with Crippen molar-refractivity contribution in [1.29, 1.82) is 0 Å². The first-order chi connectivity index (χ1) is 13.8. The van der Waals surface area contributed by atoms with Crippen LogP contribution in [0.25, 0.3) is 17.1 Å². The molecule has 6 nitrogen and oxygen atoms in total. The number of amides is 1. The Morgan fingerprint density at radius 2 is 1.76 bits per heavy atom. The lowest BCUT2D eigenvalue weighted by molar-refractivity contribution is -0.0588. The normalized spacial score (nSPS) is 19.6. The van der Waals surface area contributed by atoms with Crippen molar-refractivity contribution in [2.45, 2.75) is 46.8 Å². The molecule has 0 radical (unpaired) electrons. The number of aromatic nitrogens is 2. The molecule has 2 atom stereocenters. The van der Waals surface area contributed by atoms with Crippen LogP contribution in [0.15, 0.2) is 40.8 Å². The molecule has 1 fully saturated rings. The van der Waals surface area contributed by atoms with E-state index < -0.39 is 0 Å². The van der Waals surface area contributed by atoms with E-state index >= 15 is 0 Å². The molecule has 2 unspecified atom stereocenters. The Morgan fingerprint density at radius 3 is 2.38 bits per heavy atom. The second kappa shape index (κ2) is 7.52. The molecule has 6 heteroatoms. The fourth-order valence-electron chi connectivity index (χ4n) is 3.96. The van der Waals surface area contributed by atoms with E-state index in [0.29, 0.717) is 30.2 Å². The van der Waals surface area contributed by atoms with Gasteiger partial charge >= 0.3 is 0 Å². The number of benzene rings is 1. The summed E-state index contributed by atoms with van der Waals surface area (Å²) < 4.78 is 13.3. The maximum absolute atomic E-state index is 13.5. The van der Waals surface area contributed by atoms with Crippen LogP contribution in [-0.2, 0) is 4.74 Å². The van der Waals surface area contributed by atoms with E-state index in [0.717, 1.165) is 17.0 Å². The van der Waals surface area contributed by atoms with Gasteiger partial charge in [0, 0.05) is 19.2 Å². The van der Waals surface area contributed by atoms with Gasteiger partial charge in [-0.05, 0) is 58.4 Å². The van der Waals surface area contributed by atoms with Crippen molar-refractivity contribution in [2.24, 2.45) is 0 Å². The largest absolute Gasteiger partial charge is 0.460 e. The van der Waals surface area contributed by atoms with E-state index in [-0.39, 0.29) is 18.1 Å². The lowest BCUT2D eigenvalue weighted by atomic mass is 10.1. The van der Waals surface area contributed by atoms with E-state index in [2.05, 4.69) is 13.0 Å². The molecule has 1 amide bonds. The fraction of sp³-hybridized carbons (Fsp3) is 0.391. The minimum Gasteiger partial charge on any atom is -0.460 e. The first kappa shape index (κ1) is 19.5. The third kappa shape index (κ3) is 3.85. The average Bonchev–Trinajstić information content (AvgIpc) is 3.27. The number of aryl methyl sites for hydroxylation is 3. The van der Waals surface area contributed by atoms with Gasteiger partial charge in [0.15, 0.2) is 5.76 Å². The predicted molar refractivity (Wildman–Crippen MR) is 111 cm³/mol. The summed E-state index contributed by atoms with van der Waals surface area (Å²) in [6.45, 7) is 11.1. The van der Waals surface area contributed by atoms with Crippen molar-refractivity contribution >= 4 is 5.91 Å². The number of morpholine rings is 1. The van der Waals surface area contributed by atoms with Crippen LogP contribution in [0.1, 0.15) is 41.2 Å². The van der Waals surface area contributed by atoms with E-state index in [4.69, 9.17) is 14.3 Å². The molecular weight excluding hydrogens is 366 g/mol. The molecule has 1 aromatic carbocycles. The Labute approximate surface area is 171 Å². The number of hydrogen-bond donors (Lipinski definition) is 0. The summed E-state index contributed by atoms with van der Waals surface area (Å²) in [7, 11) is 0. The van der Waals surface area contributed by atoms with Crippen molar-refractivity contribution in [2.75, 3.05) is 13.1 Å². The van der Waals surface area contributed by atoms with Gasteiger partial charge in [-0.2, -0.15) is 5.10 Å². The monoisotopic (exact) mass is 393 g/mol. The van der Waals surface area contributed by atoms with E-state index in [1.54, 1.807) is 4.68 Å². The minimum absolute atomic E-state index is 0.00683. The number of carbonyl (C=O) groups is 1. The Balaban J connectivity index is 1.80. The van der Waals surface area contributed by atoms with Gasteiger partial charge in [0.2, 0.25) is 0 Å². The molecule has 0 saturated carbocycles. The van der Waals surface area contributed by atoms with Crippen LogP contribution >= 0.6 is 0 Å². The number of rotatable bonds is 3. The second-order valence-electron chi connectivity index (χ2n) is 7.99.